The zero-order chi connectivity index (χ0) is 10.7. The maximum absolute atomic E-state index is 11.2. The van der Waals surface area contributed by atoms with E-state index in [-0.39, 0.29) is 5.56 Å². The summed E-state index contributed by atoms with van der Waals surface area (Å²) in [6.45, 7) is 0. The van der Waals surface area contributed by atoms with Gasteiger partial charge < -0.3 is 9.88 Å². The molecule has 14 heavy (non-hydrogen) atoms. The lowest BCUT2D eigenvalue weighted by Gasteiger charge is -2.15. The average molecular weight is 191 g/mol. The number of hydrogen-bond donors (Lipinski definition) is 1. The summed E-state index contributed by atoms with van der Waals surface area (Å²) in [4.78, 5) is 25.8. The van der Waals surface area contributed by atoms with Crippen LogP contribution in [0.25, 0.3) is 0 Å². The van der Waals surface area contributed by atoms with Crippen LogP contribution in [0.4, 0.5) is 5.69 Å². The van der Waals surface area contributed by atoms with Crippen molar-refractivity contribution in [3.63, 3.8) is 0 Å². The second kappa shape index (κ2) is 3.75. The van der Waals surface area contributed by atoms with Crippen molar-refractivity contribution in [2.24, 2.45) is 0 Å². The van der Waals surface area contributed by atoms with Gasteiger partial charge in [-0.2, -0.15) is 5.26 Å². The van der Waals surface area contributed by atoms with Crippen LogP contribution in [0.5, 0.6) is 0 Å². The van der Waals surface area contributed by atoms with Crippen molar-refractivity contribution in [3.8, 4) is 6.07 Å². The van der Waals surface area contributed by atoms with Crippen LogP contribution in [0.2, 0.25) is 0 Å². The SMILES string of the molecule is CN(C)c1c(C=O)c[nH]c(=O)c1C#N. The number of carbonyl (C=O) groups is 1. The van der Waals surface area contributed by atoms with Crippen LogP contribution in [0.15, 0.2) is 11.0 Å². The van der Waals surface area contributed by atoms with Gasteiger partial charge in [0.1, 0.15) is 11.6 Å². The summed E-state index contributed by atoms with van der Waals surface area (Å²) < 4.78 is 0. The molecule has 0 spiro atoms. The first kappa shape index (κ1) is 9.99. The third-order valence-electron chi connectivity index (χ3n) is 1.78. The lowest BCUT2D eigenvalue weighted by molar-refractivity contribution is 0.112. The van der Waals surface area contributed by atoms with E-state index in [9.17, 15) is 9.59 Å². The monoisotopic (exact) mass is 191 g/mol. The summed E-state index contributed by atoms with van der Waals surface area (Å²) in [6.07, 6.45) is 1.90. The first-order valence-corrected chi connectivity index (χ1v) is 3.90. The Labute approximate surface area is 80.6 Å². The predicted molar refractivity (Wildman–Crippen MR) is 51.5 cm³/mol. The smallest absolute Gasteiger partial charge is 0.268 e. The Hall–Kier alpha value is -2.09. The Balaban J connectivity index is 3.62. The molecule has 0 radical (unpaired) electrons. The Morgan fingerprint density at radius 3 is 2.64 bits per heavy atom. The van der Waals surface area contributed by atoms with Gasteiger partial charge in [0.2, 0.25) is 0 Å². The largest absolute Gasteiger partial charge is 0.376 e. The van der Waals surface area contributed by atoms with Crippen molar-refractivity contribution in [1.29, 1.82) is 5.26 Å². The molecule has 1 aromatic heterocycles. The highest BCUT2D eigenvalue weighted by Gasteiger charge is 2.13. The van der Waals surface area contributed by atoms with Gasteiger partial charge in [-0.25, -0.2) is 0 Å². The molecule has 5 heteroatoms. The van der Waals surface area contributed by atoms with Crippen molar-refractivity contribution >= 4 is 12.0 Å². The summed E-state index contributed by atoms with van der Waals surface area (Å²) in [6, 6.07) is 1.78. The quantitative estimate of drug-likeness (QED) is 0.674. The molecule has 5 nitrogen and oxygen atoms in total. The lowest BCUT2D eigenvalue weighted by atomic mass is 10.1. The molecule has 1 aromatic rings. The van der Waals surface area contributed by atoms with Gasteiger partial charge in [0.25, 0.3) is 5.56 Å². The van der Waals surface area contributed by atoms with Gasteiger partial charge in [0, 0.05) is 20.3 Å². The molecule has 1 N–H and O–H groups in total. The molecular formula is C9H9N3O2. The van der Waals surface area contributed by atoms with E-state index >= 15 is 0 Å². The van der Waals surface area contributed by atoms with Crippen molar-refractivity contribution in [2.45, 2.75) is 0 Å². The minimum absolute atomic E-state index is 0.0420. The van der Waals surface area contributed by atoms with Crippen LogP contribution < -0.4 is 10.5 Å². The number of aldehydes is 1. The van der Waals surface area contributed by atoms with E-state index in [1.54, 1.807) is 25.1 Å². The number of aromatic amines is 1. The van der Waals surface area contributed by atoms with Crippen LogP contribution in [-0.4, -0.2) is 25.4 Å². The molecule has 0 amide bonds. The Morgan fingerprint density at radius 2 is 2.21 bits per heavy atom. The normalized spacial score (nSPS) is 9.21. The predicted octanol–water partition coefficient (Wildman–Crippen LogP) is 0.125. The molecule has 72 valence electrons. The minimum Gasteiger partial charge on any atom is -0.376 e. The fourth-order valence-electron chi connectivity index (χ4n) is 1.21. The second-order valence-corrected chi connectivity index (χ2v) is 2.92. The molecular weight excluding hydrogens is 182 g/mol. The van der Waals surface area contributed by atoms with E-state index in [0.717, 1.165) is 0 Å². The van der Waals surface area contributed by atoms with Crippen molar-refractivity contribution in [3.05, 3.63) is 27.7 Å². The van der Waals surface area contributed by atoms with Crippen molar-refractivity contribution in [2.75, 3.05) is 19.0 Å². The summed E-state index contributed by atoms with van der Waals surface area (Å²) in [5.41, 5.74) is 0.124. The van der Waals surface area contributed by atoms with E-state index in [1.807, 2.05) is 0 Å². The number of rotatable bonds is 2. The number of hydrogen-bond acceptors (Lipinski definition) is 4. The van der Waals surface area contributed by atoms with Crippen LogP contribution in [0.3, 0.4) is 0 Å². The summed E-state index contributed by atoms with van der Waals surface area (Å²) >= 11 is 0. The van der Waals surface area contributed by atoms with Gasteiger partial charge in [0.05, 0.1) is 11.3 Å². The van der Waals surface area contributed by atoms with Crippen LogP contribution in [0, 0.1) is 11.3 Å². The van der Waals surface area contributed by atoms with Crippen LogP contribution in [0.1, 0.15) is 15.9 Å². The number of nitrogens with zero attached hydrogens (tertiary/aromatic N) is 2. The summed E-state index contributed by atoms with van der Waals surface area (Å²) in [5.74, 6) is 0. The van der Waals surface area contributed by atoms with Crippen molar-refractivity contribution in [1.82, 2.24) is 4.98 Å². The lowest BCUT2D eigenvalue weighted by Crippen LogP contribution is -2.20. The van der Waals surface area contributed by atoms with Gasteiger partial charge in [-0.3, -0.25) is 9.59 Å². The van der Waals surface area contributed by atoms with Gasteiger partial charge in [0.15, 0.2) is 6.29 Å². The third-order valence-corrected chi connectivity index (χ3v) is 1.78. The molecule has 1 heterocycles. The van der Waals surface area contributed by atoms with E-state index < -0.39 is 5.56 Å². The molecule has 0 aliphatic rings. The number of aromatic nitrogens is 1. The van der Waals surface area contributed by atoms with E-state index in [0.29, 0.717) is 17.5 Å². The summed E-state index contributed by atoms with van der Waals surface area (Å²) in [7, 11) is 3.34. The first-order chi connectivity index (χ1) is 6.61. The fourth-order valence-corrected chi connectivity index (χ4v) is 1.21. The van der Waals surface area contributed by atoms with Gasteiger partial charge in [-0.05, 0) is 0 Å². The molecule has 0 fully saturated rings. The fraction of sp³-hybridized carbons (Fsp3) is 0.222. The summed E-state index contributed by atoms with van der Waals surface area (Å²) in [5, 5.41) is 8.76. The zero-order valence-electron chi connectivity index (χ0n) is 7.87. The average Bonchev–Trinajstić information content (AvgIpc) is 2.17. The van der Waals surface area contributed by atoms with E-state index in [1.165, 1.54) is 6.20 Å². The Kier molecular flexibility index (Phi) is 2.67. The van der Waals surface area contributed by atoms with Gasteiger partial charge in [-0.1, -0.05) is 0 Å². The highest BCUT2D eigenvalue weighted by Crippen LogP contribution is 2.17. The minimum atomic E-state index is -0.484. The highest BCUT2D eigenvalue weighted by molar-refractivity contribution is 5.86. The number of H-pyrrole nitrogens is 1. The number of carbonyl (C=O) groups excluding carboxylic acids is 1. The topological polar surface area (TPSA) is 77.0 Å². The highest BCUT2D eigenvalue weighted by atomic mass is 16.1. The number of nitrogens with one attached hydrogen (secondary N) is 1. The van der Waals surface area contributed by atoms with Gasteiger partial charge >= 0.3 is 0 Å². The number of pyridine rings is 1. The molecule has 0 saturated heterocycles. The molecule has 0 aliphatic heterocycles. The molecule has 1 rings (SSSR count). The van der Waals surface area contributed by atoms with Crippen LogP contribution in [-0.2, 0) is 0 Å². The second-order valence-electron chi connectivity index (χ2n) is 2.92. The molecule has 0 saturated carbocycles. The Morgan fingerprint density at radius 1 is 1.57 bits per heavy atom. The first-order valence-electron chi connectivity index (χ1n) is 3.90. The van der Waals surface area contributed by atoms with E-state index in [2.05, 4.69) is 4.98 Å². The standard InChI is InChI=1S/C9H9N3O2/c1-12(2)8-6(5-13)4-11-9(14)7(8)3-10/h4-5H,1-2H3,(H,11,14). The molecule has 0 atom stereocenters. The maximum atomic E-state index is 11.2. The molecule has 0 unspecified atom stereocenters. The van der Waals surface area contributed by atoms with Gasteiger partial charge in [-0.15, -0.1) is 0 Å². The van der Waals surface area contributed by atoms with E-state index in [4.69, 9.17) is 5.26 Å². The number of nitriles is 1. The third kappa shape index (κ3) is 1.50. The zero-order valence-corrected chi connectivity index (χ0v) is 7.87. The Bertz CT molecular complexity index is 454. The molecule has 0 bridgehead atoms. The maximum Gasteiger partial charge on any atom is 0.268 e. The van der Waals surface area contributed by atoms with Crippen LogP contribution >= 0.6 is 0 Å². The number of anilines is 1. The molecule has 0 aromatic carbocycles. The van der Waals surface area contributed by atoms with Crippen molar-refractivity contribution < 1.29 is 4.79 Å². The molecule has 0 aliphatic carbocycles.